The topological polar surface area (TPSA) is 30.0 Å². The summed E-state index contributed by atoms with van der Waals surface area (Å²) in [6.07, 6.45) is 6.59. The van der Waals surface area contributed by atoms with E-state index in [1.54, 1.807) is 0 Å². The molecular formula is C15H13NOS. The van der Waals surface area contributed by atoms with Gasteiger partial charge in [-0.25, -0.2) is 4.98 Å². The molecule has 0 spiro atoms. The maximum atomic E-state index is 11.7. The van der Waals surface area contributed by atoms with Crippen molar-refractivity contribution in [2.24, 2.45) is 0 Å². The summed E-state index contributed by atoms with van der Waals surface area (Å²) in [5.41, 5.74) is 2.14. The molecule has 18 heavy (non-hydrogen) atoms. The quantitative estimate of drug-likeness (QED) is 0.816. The molecule has 0 atom stereocenters. The molecule has 0 bridgehead atoms. The van der Waals surface area contributed by atoms with Gasteiger partial charge in [0.2, 0.25) is 0 Å². The normalized spacial score (nSPS) is 15.0. The van der Waals surface area contributed by atoms with Crippen molar-refractivity contribution in [2.45, 2.75) is 19.3 Å². The number of carbonyl (C=O) groups excluding carboxylic acids is 1. The average molecular weight is 255 g/mol. The van der Waals surface area contributed by atoms with Crippen molar-refractivity contribution in [3.05, 3.63) is 51.5 Å². The molecule has 2 nitrogen and oxygen atoms in total. The van der Waals surface area contributed by atoms with E-state index in [1.807, 2.05) is 30.4 Å². The Balaban J connectivity index is 1.86. The van der Waals surface area contributed by atoms with Gasteiger partial charge in [-0.3, -0.25) is 4.79 Å². The molecule has 0 fully saturated rings. The van der Waals surface area contributed by atoms with Gasteiger partial charge in [-0.15, -0.1) is 11.3 Å². The Morgan fingerprint density at radius 3 is 2.72 bits per heavy atom. The van der Waals surface area contributed by atoms with E-state index in [4.69, 9.17) is 0 Å². The zero-order valence-electron chi connectivity index (χ0n) is 9.93. The summed E-state index contributed by atoms with van der Waals surface area (Å²) in [4.78, 5) is 17.1. The van der Waals surface area contributed by atoms with E-state index < -0.39 is 0 Å². The van der Waals surface area contributed by atoms with Crippen molar-refractivity contribution >= 4 is 29.3 Å². The summed E-state index contributed by atoms with van der Waals surface area (Å²) in [6, 6.07) is 10.1. The predicted molar refractivity (Wildman–Crippen MR) is 74.8 cm³/mol. The second-order valence-electron chi connectivity index (χ2n) is 4.35. The third kappa shape index (κ3) is 2.27. The number of hydrogen-bond donors (Lipinski definition) is 0. The molecule has 3 heteroatoms. The number of benzene rings is 1. The van der Waals surface area contributed by atoms with Gasteiger partial charge >= 0.3 is 0 Å². The van der Waals surface area contributed by atoms with E-state index in [9.17, 15) is 4.79 Å². The summed E-state index contributed by atoms with van der Waals surface area (Å²) in [5.74, 6) is 0.258. The predicted octanol–water partition coefficient (Wildman–Crippen LogP) is 3.83. The third-order valence-corrected chi connectivity index (χ3v) is 4.11. The lowest BCUT2D eigenvalue weighted by Crippen LogP contribution is -2.07. The Morgan fingerprint density at radius 2 is 1.94 bits per heavy atom. The first kappa shape index (κ1) is 11.4. The number of fused-ring (bicyclic) bond motifs is 1. The number of ketones is 1. The molecular weight excluding hydrogens is 242 g/mol. The molecule has 0 unspecified atom stereocenters. The largest absolute Gasteiger partial charge is 0.293 e. The zero-order valence-corrected chi connectivity index (χ0v) is 10.7. The highest BCUT2D eigenvalue weighted by atomic mass is 32.1. The van der Waals surface area contributed by atoms with Crippen molar-refractivity contribution in [1.29, 1.82) is 0 Å². The number of rotatable bonds is 2. The van der Waals surface area contributed by atoms with E-state index in [0.29, 0.717) is 6.42 Å². The Kier molecular flexibility index (Phi) is 3.07. The minimum absolute atomic E-state index is 0.258. The Hall–Kier alpha value is -1.74. The number of aryl methyl sites for hydroxylation is 1. The first-order valence-corrected chi connectivity index (χ1v) is 6.90. The Morgan fingerprint density at radius 1 is 1.11 bits per heavy atom. The van der Waals surface area contributed by atoms with Crippen LogP contribution in [-0.2, 0) is 6.42 Å². The molecule has 0 saturated heterocycles. The SMILES string of the molecule is O=C1CCCc2nc(C=Cc3ccccc3)sc21. The van der Waals surface area contributed by atoms with E-state index in [0.717, 1.165) is 34.0 Å². The number of Topliss-reactive ketones (excluding diaryl/α,β-unsaturated/α-hetero) is 1. The second-order valence-corrected chi connectivity index (χ2v) is 5.38. The van der Waals surface area contributed by atoms with Gasteiger partial charge in [-0.2, -0.15) is 0 Å². The van der Waals surface area contributed by atoms with Crippen LogP contribution in [0.15, 0.2) is 30.3 Å². The van der Waals surface area contributed by atoms with Gasteiger partial charge < -0.3 is 0 Å². The highest BCUT2D eigenvalue weighted by Gasteiger charge is 2.21. The van der Waals surface area contributed by atoms with Crippen LogP contribution in [-0.4, -0.2) is 10.8 Å². The molecule has 0 N–H and O–H groups in total. The summed E-state index contributed by atoms with van der Waals surface area (Å²) >= 11 is 1.52. The maximum Gasteiger partial charge on any atom is 0.174 e. The van der Waals surface area contributed by atoms with Crippen molar-refractivity contribution in [2.75, 3.05) is 0 Å². The van der Waals surface area contributed by atoms with E-state index in [1.165, 1.54) is 11.3 Å². The summed E-state index contributed by atoms with van der Waals surface area (Å²) in [6.45, 7) is 0. The summed E-state index contributed by atoms with van der Waals surface area (Å²) in [7, 11) is 0. The van der Waals surface area contributed by atoms with Gasteiger partial charge in [-0.1, -0.05) is 36.4 Å². The molecule has 0 saturated carbocycles. The van der Waals surface area contributed by atoms with E-state index >= 15 is 0 Å². The lowest BCUT2D eigenvalue weighted by molar-refractivity contribution is 0.0976. The molecule has 3 rings (SSSR count). The number of aromatic nitrogens is 1. The first-order valence-electron chi connectivity index (χ1n) is 6.09. The zero-order chi connectivity index (χ0) is 12.4. The van der Waals surface area contributed by atoms with Gasteiger partial charge in [-0.05, 0) is 24.5 Å². The summed E-state index contributed by atoms with van der Waals surface area (Å²) in [5, 5.41) is 0.930. The van der Waals surface area contributed by atoms with Crippen LogP contribution in [0.3, 0.4) is 0 Å². The lowest BCUT2D eigenvalue weighted by atomic mass is 10.0. The van der Waals surface area contributed by atoms with Crippen LogP contribution in [0.5, 0.6) is 0 Å². The van der Waals surface area contributed by atoms with Crippen molar-refractivity contribution in [1.82, 2.24) is 4.98 Å². The Labute approximate surface area is 110 Å². The van der Waals surface area contributed by atoms with Crippen LogP contribution in [0.25, 0.3) is 12.2 Å². The number of hydrogen-bond acceptors (Lipinski definition) is 3. The molecule has 1 aliphatic rings. The Bertz CT molecular complexity index is 598. The molecule has 0 aliphatic heterocycles. The van der Waals surface area contributed by atoms with E-state index in [-0.39, 0.29) is 5.78 Å². The number of nitrogens with zero attached hydrogens (tertiary/aromatic N) is 1. The fraction of sp³-hybridized carbons (Fsp3) is 0.200. The van der Waals surface area contributed by atoms with Crippen LogP contribution in [0.1, 0.15) is 38.8 Å². The lowest BCUT2D eigenvalue weighted by Gasteiger charge is -2.06. The fourth-order valence-corrected chi connectivity index (χ4v) is 3.07. The molecule has 2 aromatic rings. The van der Waals surface area contributed by atoms with Gasteiger partial charge in [0.1, 0.15) is 5.01 Å². The third-order valence-electron chi connectivity index (χ3n) is 3.00. The van der Waals surface area contributed by atoms with Gasteiger partial charge in [0, 0.05) is 6.42 Å². The van der Waals surface area contributed by atoms with Gasteiger partial charge in [0.15, 0.2) is 5.78 Å². The number of carbonyl (C=O) groups is 1. The second kappa shape index (κ2) is 4.86. The van der Waals surface area contributed by atoms with Gasteiger partial charge in [0.05, 0.1) is 10.6 Å². The van der Waals surface area contributed by atoms with Crippen molar-refractivity contribution < 1.29 is 4.79 Å². The smallest absolute Gasteiger partial charge is 0.174 e. The summed E-state index contributed by atoms with van der Waals surface area (Å²) < 4.78 is 0. The van der Waals surface area contributed by atoms with Crippen LogP contribution in [0.2, 0.25) is 0 Å². The monoisotopic (exact) mass is 255 g/mol. The highest BCUT2D eigenvalue weighted by Crippen LogP contribution is 2.27. The molecule has 0 radical (unpaired) electrons. The maximum absolute atomic E-state index is 11.7. The van der Waals surface area contributed by atoms with Gasteiger partial charge in [0.25, 0.3) is 0 Å². The van der Waals surface area contributed by atoms with Crippen molar-refractivity contribution in [3.8, 4) is 0 Å². The minimum Gasteiger partial charge on any atom is -0.293 e. The molecule has 1 aromatic heterocycles. The standard InChI is InChI=1S/C15H13NOS/c17-13-8-4-7-12-15(13)18-14(16-12)10-9-11-5-2-1-3-6-11/h1-3,5-6,9-10H,4,7-8H2. The van der Waals surface area contributed by atoms with Crippen LogP contribution < -0.4 is 0 Å². The van der Waals surface area contributed by atoms with Crippen LogP contribution >= 0.6 is 11.3 Å². The molecule has 1 heterocycles. The number of thiazole rings is 1. The average Bonchev–Trinajstić information content (AvgIpc) is 2.82. The highest BCUT2D eigenvalue weighted by molar-refractivity contribution is 7.14. The molecule has 1 aromatic carbocycles. The van der Waals surface area contributed by atoms with E-state index in [2.05, 4.69) is 17.1 Å². The minimum atomic E-state index is 0.258. The van der Waals surface area contributed by atoms with Crippen molar-refractivity contribution in [3.63, 3.8) is 0 Å². The molecule has 0 amide bonds. The van der Waals surface area contributed by atoms with Crippen LogP contribution in [0.4, 0.5) is 0 Å². The fourth-order valence-electron chi connectivity index (χ4n) is 2.09. The molecule has 90 valence electrons. The first-order chi connectivity index (χ1) is 8.83. The molecule has 1 aliphatic carbocycles. The van der Waals surface area contributed by atoms with Crippen LogP contribution in [0, 0.1) is 0 Å².